The number of hydrogen-bond acceptors (Lipinski definition) is 2. The molecular formula is C20H20ClN3O. The van der Waals surface area contributed by atoms with E-state index in [1.807, 2.05) is 54.6 Å². The largest absolute Gasteiger partial charge is 0.322 e. The molecule has 0 aliphatic heterocycles. The van der Waals surface area contributed by atoms with Crippen molar-refractivity contribution >= 4 is 23.2 Å². The molecule has 5 heteroatoms. The molecule has 1 amide bonds. The van der Waals surface area contributed by atoms with Gasteiger partial charge in [0.1, 0.15) is 5.15 Å². The molecule has 0 radical (unpaired) electrons. The van der Waals surface area contributed by atoms with Crippen LogP contribution >= 0.6 is 11.6 Å². The molecule has 0 aliphatic rings. The maximum atomic E-state index is 12.6. The molecule has 0 spiro atoms. The summed E-state index contributed by atoms with van der Waals surface area (Å²) in [7, 11) is 0. The maximum absolute atomic E-state index is 12.6. The molecule has 0 unspecified atom stereocenters. The zero-order chi connectivity index (χ0) is 17.8. The third kappa shape index (κ3) is 3.91. The van der Waals surface area contributed by atoms with Crippen molar-refractivity contribution in [3.63, 3.8) is 0 Å². The summed E-state index contributed by atoms with van der Waals surface area (Å²) in [6.45, 7) is 4.42. The standard InChI is InChI=1S/C20H20ClN3O/c1-3-15-9-11-17(12-10-15)22-20(25)18-14(2)23-24(19(18)21)13-16-7-5-4-6-8-16/h4-12H,3,13H2,1-2H3,(H,22,25). The Hall–Kier alpha value is -2.59. The fraction of sp³-hybridized carbons (Fsp3) is 0.200. The second-order valence-corrected chi connectivity index (χ2v) is 6.26. The minimum atomic E-state index is -0.244. The molecule has 0 bridgehead atoms. The predicted molar refractivity (Wildman–Crippen MR) is 101 cm³/mol. The monoisotopic (exact) mass is 353 g/mol. The van der Waals surface area contributed by atoms with Crippen LogP contribution in [0.1, 0.15) is 34.1 Å². The van der Waals surface area contributed by atoms with Crippen molar-refractivity contribution in [2.75, 3.05) is 5.32 Å². The van der Waals surface area contributed by atoms with Gasteiger partial charge in [-0.05, 0) is 36.6 Å². The Bertz CT molecular complexity index is 870. The van der Waals surface area contributed by atoms with Gasteiger partial charge in [0.15, 0.2) is 0 Å². The van der Waals surface area contributed by atoms with E-state index < -0.39 is 0 Å². The number of hydrogen-bond donors (Lipinski definition) is 1. The number of anilines is 1. The van der Waals surface area contributed by atoms with Crippen LogP contribution in [0.25, 0.3) is 0 Å². The fourth-order valence-corrected chi connectivity index (χ4v) is 3.01. The van der Waals surface area contributed by atoms with Crippen LogP contribution in [0.4, 0.5) is 5.69 Å². The van der Waals surface area contributed by atoms with Gasteiger partial charge >= 0.3 is 0 Å². The van der Waals surface area contributed by atoms with Gasteiger partial charge in [-0.15, -0.1) is 0 Å². The first-order valence-electron chi connectivity index (χ1n) is 8.25. The van der Waals surface area contributed by atoms with E-state index in [2.05, 4.69) is 17.3 Å². The summed E-state index contributed by atoms with van der Waals surface area (Å²) in [5, 5.41) is 7.66. The van der Waals surface area contributed by atoms with Gasteiger partial charge in [0.05, 0.1) is 17.8 Å². The van der Waals surface area contributed by atoms with Crippen molar-refractivity contribution in [1.82, 2.24) is 9.78 Å². The Morgan fingerprint density at radius 1 is 1.08 bits per heavy atom. The minimum absolute atomic E-state index is 0.244. The van der Waals surface area contributed by atoms with Crippen LogP contribution in [0.5, 0.6) is 0 Å². The highest BCUT2D eigenvalue weighted by atomic mass is 35.5. The Balaban J connectivity index is 1.80. The lowest BCUT2D eigenvalue weighted by molar-refractivity contribution is 0.102. The molecule has 3 rings (SSSR count). The third-order valence-corrected chi connectivity index (χ3v) is 4.47. The molecule has 1 aromatic heterocycles. The number of carbonyl (C=O) groups excluding carboxylic acids is 1. The molecule has 0 saturated carbocycles. The van der Waals surface area contributed by atoms with Gasteiger partial charge in [0.2, 0.25) is 0 Å². The highest BCUT2D eigenvalue weighted by Crippen LogP contribution is 2.22. The van der Waals surface area contributed by atoms with E-state index in [9.17, 15) is 4.79 Å². The molecule has 0 atom stereocenters. The van der Waals surface area contributed by atoms with Crippen LogP contribution < -0.4 is 5.32 Å². The molecule has 1 heterocycles. The number of nitrogens with one attached hydrogen (secondary N) is 1. The Kier molecular flexibility index (Phi) is 5.19. The molecule has 1 N–H and O–H groups in total. The van der Waals surface area contributed by atoms with Gasteiger partial charge in [-0.3, -0.25) is 4.79 Å². The SMILES string of the molecule is CCc1ccc(NC(=O)c2c(C)nn(Cc3ccccc3)c2Cl)cc1. The fourth-order valence-electron chi connectivity index (χ4n) is 2.69. The molecule has 25 heavy (non-hydrogen) atoms. The van der Waals surface area contributed by atoms with E-state index >= 15 is 0 Å². The molecule has 0 fully saturated rings. The summed E-state index contributed by atoms with van der Waals surface area (Å²) >= 11 is 6.43. The van der Waals surface area contributed by atoms with Crippen LogP contribution in [0.2, 0.25) is 5.15 Å². The smallest absolute Gasteiger partial charge is 0.260 e. The highest BCUT2D eigenvalue weighted by Gasteiger charge is 2.20. The first kappa shape index (κ1) is 17.2. The lowest BCUT2D eigenvalue weighted by Crippen LogP contribution is -2.13. The van der Waals surface area contributed by atoms with Gasteiger partial charge in [-0.25, -0.2) is 4.68 Å². The zero-order valence-corrected chi connectivity index (χ0v) is 15.0. The number of rotatable bonds is 5. The average Bonchev–Trinajstić information content (AvgIpc) is 2.90. The van der Waals surface area contributed by atoms with Crippen molar-refractivity contribution in [3.05, 3.63) is 82.1 Å². The van der Waals surface area contributed by atoms with Crippen molar-refractivity contribution in [1.29, 1.82) is 0 Å². The minimum Gasteiger partial charge on any atom is -0.322 e. The topological polar surface area (TPSA) is 46.9 Å². The number of nitrogens with zero attached hydrogens (tertiary/aromatic N) is 2. The number of aryl methyl sites for hydroxylation is 2. The molecule has 0 aliphatic carbocycles. The van der Waals surface area contributed by atoms with E-state index in [0.717, 1.165) is 17.7 Å². The first-order valence-corrected chi connectivity index (χ1v) is 8.63. The maximum Gasteiger partial charge on any atom is 0.260 e. The molecule has 128 valence electrons. The van der Waals surface area contributed by atoms with Crippen molar-refractivity contribution in [3.8, 4) is 0 Å². The van der Waals surface area contributed by atoms with E-state index in [1.54, 1.807) is 11.6 Å². The lowest BCUT2D eigenvalue weighted by atomic mass is 10.1. The van der Waals surface area contributed by atoms with Crippen LogP contribution in [-0.2, 0) is 13.0 Å². The Labute approximate surface area is 152 Å². The van der Waals surface area contributed by atoms with Gasteiger partial charge in [0, 0.05) is 5.69 Å². The summed E-state index contributed by atoms with van der Waals surface area (Å²) in [5.41, 5.74) is 4.08. The summed E-state index contributed by atoms with van der Waals surface area (Å²) < 4.78 is 1.65. The second kappa shape index (κ2) is 7.53. The Morgan fingerprint density at radius 2 is 1.76 bits per heavy atom. The van der Waals surface area contributed by atoms with Gasteiger partial charge in [0.25, 0.3) is 5.91 Å². The Morgan fingerprint density at radius 3 is 2.40 bits per heavy atom. The summed E-state index contributed by atoms with van der Waals surface area (Å²) in [6.07, 6.45) is 0.964. The van der Waals surface area contributed by atoms with Crippen LogP contribution in [0, 0.1) is 6.92 Å². The third-order valence-electron chi connectivity index (χ3n) is 4.09. The highest BCUT2D eigenvalue weighted by molar-refractivity contribution is 6.33. The van der Waals surface area contributed by atoms with E-state index in [4.69, 9.17) is 11.6 Å². The number of halogens is 1. The van der Waals surface area contributed by atoms with Crippen LogP contribution in [0.3, 0.4) is 0 Å². The number of carbonyl (C=O) groups is 1. The van der Waals surface area contributed by atoms with E-state index in [1.165, 1.54) is 5.56 Å². The normalized spacial score (nSPS) is 10.7. The number of amides is 1. The van der Waals surface area contributed by atoms with Gasteiger partial charge in [-0.2, -0.15) is 5.10 Å². The van der Waals surface area contributed by atoms with Gasteiger partial charge < -0.3 is 5.32 Å². The molecule has 4 nitrogen and oxygen atoms in total. The van der Waals surface area contributed by atoms with Crippen LogP contribution in [0.15, 0.2) is 54.6 Å². The first-order chi connectivity index (χ1) is 12.1. The number of aromatic nitrogens is 2. The second-order valence-electron chi connectivity index (χ2n) is 5.90. The van der Waals surface area contributed by atoms with Crippen LogP contribution in [-0.4, -0.2) is 15.7 Å². The molecule has 0 saturated heterocycles. The molecule has 2 aromatic carbocycles. The van der Waals surface area contributed by atoms with Gasteiger partial charge in [-0.1, -0.05) is 61.0 Å². The van der Waals surface area contributed by atoms with Crippen molar-refractivity contribution in [2.45, 2.75) is 26.8 Å². The summed E-state index contributed by atoms with van der Waals surface area (Å²) in [6, 6.07) is 17.7. The van der Waals surface area contributed by atoms with Crippen molar-refractivity contribution in [2.24, 2.45) is 0 Å². The lowest BCUT2D eigenvalue weighted by Gasteiger charge is -2.06. The molecular weight excluding hydrogens is 334 g/mol. The van der Waals surface area contributed by atoms with E-state index in [-0.39, 0.29) is 5.91 Å². The summed E-state index contributed by atoms with van der Waals surface area (Å²) in [4.78, 5) is 12.6. The molecule has 3 aromatic rings. The quantitative estimate of drug-likeness (QED) is 0.722. The zero-order valence-electron chi connectivity index (χ0n) is 14.3. The van der Waals surface area contributed by atoms with E-state index in [0.29, 0.717) is 23.0 Å². The number of benzene rings is 2. The van der Waals surface area contributed by atoms with Crippen molar-refractivity contribution < 1.29 is 4.79 Å². The predicted octanol–water partition coefficient (Wildman–Crippen LogP) is 4.71. The summed E-state index contributed by atoms with van der Waals surface area (Å²) in [5.74, 6) is -0.244. The average molecular weight is 354 g/mol.